The van der Waals surface area contributed by atoms with Crippen LogP contribution in [-0.2, 0) is 0 Å². The maximum Gasteiger partial charge on any atom is 0.259 e. The molecule has 2 aromatic rings. The van der Waals surface area contributed by atoms with E-state index in [2.05, 4.69) is 20.8 Å². The van der Waals surface area contributed by atoms with Crippen LogP contribution in [0.15, 0.2) is 10.6 Å². The van der Waals surface area contributed by atoms with Crippen LogP contribution in [0.3, 0.4) is 0 Å². The second-order valence-electron chi connectivity index (χ2n) is 6.21. The Hall–Kier alpha value is -1.66. The van der Waals surface area contributed by atoms with E-state index in [1.165, 1.54) is 0 Å². The molecule has 1 aliphatic heterocycles. The third-order valence-electron chi connectivity index (χ3n) is 4.11. The van der Waals surface area contributed by atoms with Gasteiger partial charge in [0.1, 0.15) is 0 Å². The highest BCUT2D eigenvalue weighted by Crippen LogP contribution is 2.25. The van der Waals surface area contributed by atoms with E-state index in [1.54, 1.807) is 0 Å². The molecule has 6 nitrogen and oxygen atoms in total. The van der Waals surface area contributed by atoms with Gasteiger partial charge in [0, 0.05) is 18.3 Å². The number of carbonyl (C=O) groups is 1. The normalized spacial score (nSPS) is 18.0. The maximum absolute atomic E-state index is 12.7. The summed E-state index contributed by atoms with van der Waals surface area (Å²) in [6.45, 7) is 7.77. The van der Waals surface area contributed by atoms with Crippen molar-refractivity contribution in [2.24, 2.45) is 0 Å². The Morgan fingerprint density at radius 1 is 1.48 bits per heavy atom. The molecule has 1 atom stereocenters. The van der Waals surface area contributed by atoms with Gasteiger partial charge in [-0.05, 0) is 38.3 Å². The number of carbonyl (C=O) groups excluding carboxylic acids is 1. The predicted octanol–water partition coefficient (Wildman–Crippen LogP) is 2.56. The molecule has 0 bridgehead atoms. The van der Waals surface area contributed by atoms with Crippen LogP contribution in [0.25, 0.3) is 11.1 Å². The van der Waals surface area contributed by atoms with Crippen LogP contribution in [0.2, 0.25) is 0 Å². The fourth-order valence-corrected chi connectivity index (χ4v) is 2.83. The second kappa shape index (κ2) is 7.27. The van der Waals surface area contributed by atoms with E-state index < -0.39 is 0 Å². The van der Waals surface area contributed by atoms with Crippen LogP contribution in [0, 0.1) is 6.92 Å². The third-order valence-corrected chi connectivity index (χ3v) is 4.11. The highest BCUT2D eigenvalue weighted by atomic mass is 35.5. The first kappa shape index (κ1) is 17.7. The first-order valence-electron chi connectivity index (χ1n) is 7.84. The van der Waals surface area contributed by atoms with Crippen molar-refractivity contribution in [3.8, 4) is 0 Å². The van der Waals surface area contributed by atoms with Gasteiger partial charge < -0.3 is 15.2 Å². The van der Waals surface area contributed by atoms with Crippen molar-refractivity contribution in [3.05, 3.63) is 23.0 Å². The molecular weight excluding hydrogens is 316 g/mol. The van der Waals surface area contributed by atoms with Gasteiger partial charge in [0.25, 0.3) is 11.6 Å². The smallest absolute Gasteiger partial charge is 0.259 e. The van der Waals surface area contributed by atoms with Crippen molar-refractivity contribution in [3.63, 3.8) is 0 Å². The summed E-state index contributed by atoms with van der Waals surface area (Å²) in [5.41, 5.74) is 2.59. The topological polar surface area (TPSA) is 80.0 Å². The highest BCUT2D eigenvalue weighted by Gasteiger charge is 2.22. The number of nitrogens with zero attached hydrogens (tertiary/aromatic N) is 2. The van der Waals surface area contributed by atoms with Crippen LogP contribution in [0.5, 0.6) is 0 Å². The first-order valence-corrected chi connectivity index (χ1v) is 7.84. The van der Waals surface area contributed by atoms with E-state index in [-0.39, 0.29) is 30.3 Å². The lowest BCUT2D eigenvalue weighted by Crippen LogP contribution is -2.45. The lowest BCUT2D eigenvalue weighted by atomic mass is 10.0. The molecule has 0 spiro atoms. The zero-order chi connectivity index (χ0) is 15.7. The molecule has 1 saturated heterocycles. The van der Waals surface area contributed by atoms with Gasteiger partial charge in [-0.1, -0.05) is 19.0 Å². The Labute approximate surface area is 141 Å². The SMILES string of the molecule is Cc1noc2nc(C(C)C)cc(C(=O)NC3CCCNC3)c12.Cl. The molecule has 1 aliphatic rings. The Morgan fingerprint density at radius 3 is 2.91 bits per heavy atom. The number of fused-ring (bicyclic) bond motifs is 1. The molecule has 2 aromatic heterocycles. The Balaban J connectivity index is 0.00000192. The summed E-state index contributed by atoms with van der Waals surface area (Å²) in [4.78, 5) is 17.2. The molecule has 0 saturated carbocycles. The fraction of sp³-hybridized carbons (Fsp3) is 0.562. The molecule has 3 heterocycles. The van der Waals surface area contributed by atoms with Crippen molar-refractivity contribution in [1.29, 1.82) is 0 Å². The number of piperidine rings is 1. The lowest BCUT2D eigenvalue weighted by molar-refractivity contribution is 0.0932. The molecule has 0 aliphatic carbocycles. The van der Waals surface area contributed by atoms with E-state index in [9.17, 15) is 4.79 Å². The molecule has 2 N–H and O–H groups in total. The van der Waals surface area contributed by atoms with Gasteiger partial charge in [-0.25, -0.2) is 4.98 Å². The number of pyridine rings is 1. The zero-order valence-corrected chi connectivity index (χ0v) is 14.5. The number of nitrogens with one attached hydrogen (secondary N) is 2. The van der Waals surface area contributed by atoms with Crippen LogP contribution in [0.4, 0.5) is 0 Å². The minimum absolute atomic E-state index is 0. The predicted molar refractivity (Wildman–Crippen MR) is 91.2 cm³/mol. The number of aryl methyl sites for hydroxylation is 1. The van der Waals surface area contributed by atoms with Gasteiger partial charge in [0.05, 0.1) is 16.6 Å². The molecule has 1 fully saturated rings. The Morgan fingerprint density at radius 2 is 2.26 bits per heavy atom. The second-order valence-corrected chi connectivity index (χ2v) is 6.21. The van der Waals surface area contributed by atoms with Crippen molar-refractivity contribution in [1.82, 2.24) is 20.8 Å². The van der Waals surface area contributed by atoms with Crippen molar-refractivity contribution < 1.29 is 9.32 Å². The van der Waals surface area contributed by atoms with Gasteiger partial charge in [0.2, 0.25) is 0 Å². The number of amides is 1. The van der Waals surface area contributed by atoms with E-state index in [0.29, 0.717) is 22.4 Å². The lowest BCUT2D eigenvalue weighted by Gasteiger charge is -2.24. The van der Waals surface area contributed by atoms with E-state index >= 15 is 0 Å². The molecule has 0 radical (unpaired) electrons. The van der Waals surface area contributed by atoms with Crippen molar-refractivity contribution in [2.75, 3.05) is 13.1 Å². The average Bonchev–Trinajstić information content (AvgIpc) is 2.89. The minimum Gasteiger partial charge on any atom is -0.348 e. The molecule has 1 unspecified atom stereocenters. The molecule has 3 rings (SSSR count). The zero-order valence-electron chi connectivity index (χ0n) is 13.7. The van der Waals surface area contributed by atoms with Crippen LogP contribution in [-0.4, -0.2) is 35.2 Å². The molecule has 23 heavy (non-hydrogen) atoms. The highest BCUT2D eigenvalue weighted by molar-refractivity contribution is 6.06. The molecule has 7 heteroatoms. The minimum atomic E-state index is -0.0747. The molecular formula is C16H23ClN4O2. The quantitative estimate of drug-likeness (QED) is 0.899. The summed E-state index contributed by atoms with van der Waals surface area (Å²) < 4.78 is 5.27. The van der Waals surface area contributed by atoms with Crippen LogP contribution < -0.4 is 10.6 Å². The number of aromatic nitrogens is 2. The number of halogens is 1. The van der Waals surface area contributed by atoms with E-state index in [0.717, 1.165) is 31.6 Å². The van der Waals surface area contributed by atoms with Gasteiger partial charge in [-0.2, -0.15) is 0 Å². The summed E-state index contributed by atoms with van der Waals surface area (Å²) in [5, 5.41) is 11.1. The van der Waals surface area contributed by atoms with Crippen LogP contribution >= 0.6 is 12.4 Å². The summed E-state index contributed by atoms with van der Waals surface area (Å²) in [6.07, 6.45) is 2.09. The average molecular weight is 339 g/mol. The van der Waals surface area contributed by atoms with Crippen LogP contribution in [0.1, 0.15) is 54.4 Å². The summed E-state index contributed by atoms with van der Waals surface area (Å²) in [7, 11) is 0. The molecule has 126 valence electrons. The summed E-state index contributed by atoms with van der Waals surface area (Å²) in [6, 6.07) is 2.04. The molecule has 1 amide bonds. The summed E-state index contributed by atoms with van der Waals surface area (Å²) in [5.74, 6) is 0.145. The maximum atomic E-state index is 12.7. The van der Waals surface area contributed by atoms with Gasteiger partial charge in [0.15, 0.2) is 0 Å². The Bertz CT molecular complexity index is 693. The van der Waals surface area contributed by atoms with Gasteiger partial charge in [-0.3, -0.25) is 4.79 Å². The van der Waals surface area contributed by atoms with Crippen molar-refractivity contribution >= 4 is 29.4 Å². The monoisotopic (exact) mass is 338 g/mol. The fourth-order valence-electron chi connectivity index (χ4n) is 2.83. The largest absolute Gasteiger partial charge is 0.348 e. The Kier molecular flexibility index (Phi) is 5.59. The third kappa shape index (κ3) is 3.64. The number of hydrogen-bond acceptors (Lipinski definition) is 5. The molecule has 0 aromatic carbocycles. The summed E-state index contributed by atoms with van der Waals surface area (Å²) >= 11 is 0. The van der Waals surface area contributed by atoms with E-state index in [1.807, 2.05) is 26.8 Å². The number of hydrogen-bond donors (Lipinski definition) is 2. The van der Waals surface area contributed by atoms with E-state index in [4.69, 9.17) is 4.52 Å². The van der Waals surface area contributed by atoms with Gasteiger partial charge >= 0.3 is 0 Å². The standard InChI is InChI=1S/C16H22N4O2.ClH/c1-9(2)13-7-12(14-10(3)20-22-16(14)19-13)15(21)18-11-5-4-6-17-8-11;/h7,9,11,17H,4-6,8H2,1-3H3,(H,18,21);1H. The van der Waals surface area contributed by atoms with Crippen molar-refractivity contribution in [2.45, 2.75) is 45.6 Å². The first-order chi connectivity index (χ1) is 10.6. The number of rotatable bonds is 3. The van der Waals surface area contributed by atoms with Gasteiger partial charge in [-0.15, -0.1) is 12.4 Å².